The van der Waals surface area contributed by atoms with Crippen LogP contribution in [0.2, 0.25) is 10.0 Å². The van der Waals surface area contributed by atoms with Crippen LogP contribution in [0.3, 0.4) is 0 Å². The number of piperazine rings is 1. The lowest BCUT2D eigenvalue weighted by atomic mass is 9.91. The minimum atomic E-state index is -0.660. The highest BCUT2D eigenvalue weighted by Gasteiger charge is 2.43. The molecule has 1 unspecified atom stereocenters. The van der Waals surface area contributed by atoms with Crippen molar-refractivity contribution in [2.45, 2.75) is 50.7 Å². The largest absolute Gasteiger partial charge is 0.328 e. The Kier molecular flexibility index (Phi) is 6.12. The molecule has 1 aliphatic heterocycles. The van der Waals surface area contributed by atoms with Gasteiger partial charge in [-0.1, -0.05) is 72.8 Å². The molecule has 4 rings (SSSR count). The molecular weight excluding hydrogens is 407 g/mol. The Hall–Kier alpha value is -2.04. The van der Waals surface area contributed by atoms with E-state index < -0.39 is 6.04 Å². The Labute approximate surface area is 181 Å². The number of nitrogens with zero attached hydrogens (tertiary/aromatic N) is 2. The van der Waals surface area contributed by atoms with Gasteiger partial charge in [-0.2, -0.15) is 0 Å². The quantitative estimate of drug-likeness (QED) is 0.665. The van der Waals surface area contributed by atoms with Crippen LogP contribution in [0.4, 0.5) is 0 Å². The van der Waals surface area contributed by atoms with E-state index in [-0.39, 0.29) is 24.4 Å². The van der Waals surface area contributed by atoms with Crippen molar-refractivity contribution in [2.24, 2.45) is 0 Å². The van der Waals surface area contributed by atoms with Gasteiger partial charge < -0.3 is 9.80 Å². The van der Waals surface area contributed by atoms with Crippen LogP contribution in [-0.4, -0.2) is 34.2 Å². The van der Waals surface area contributed by atoms with Crippen molar-refractivity contribution in [3.8, 4) is 0 Å². The second-order valence-corrected chi connectivity index (χ2v) is 8.67. The minimum Gasteiger partial charge on any atom is -0.328 e. The molecule has 29 heavy (non-hydrogen) atoms. The molecule has 0 bridgehead atoms. The van der Waals surface area contributed by atoms with Crippen LogP contribution in [0.15, 0.2) is 48.5 Å². The molecule has 6 heteroatoms. The maximum atomic E-state index is 13.6. The first-order valence-corrected chi connectivity index (χ1v) is 10.9. The van der Waals surface area contributed by atoms with Crippen molar-refractivity contribution in [2.75, 3.05) is 6.54 Å². The number of benzene rings is 2. The highest BCUT2D eigenvalue weighted by molar-refractivity contribution is 6.31. The minimum absolute atomic E-state index is 0.00845. The third-order valence-corrected chi connectivity index (χ3v) is 6.58. The molecule has 1 saturated heterocycles. The Balaban J connectivity index is 1.69. The van der Waals surface area contributed by atoms with Gasteiger partial charge in [-0.3, -0.25) is 9.59 Å². The second kappa shape index (κ2) is 8.76. The molecule has 152 valence electrons. The standard InChI is InChI=1S/C23H24Cl2N2O2/c24-18-12-10-16(11-13-18)22-23(29)26(19-7-2-1-3-8-19)15-21(28)27(22)14-17-6-4-5-9-20(17)25/h4-6,9-13,19,22H,1-3,7-8,14-15H2. The zero-order chi connectivity index (χ0) is 20.4. The Morgan fingerprint density at radius 1 is 0.897 bits per heavy atom. The van der Waals surface area contributed by atoms with Gasteiger partial charge in [-0.15, -0.1) is 0 Å². The smallest absolute Gasteiger partial charge is 0.250 e. The first kappa shape index (κ1) is 20.2. The SMILES string of the molecule is O=C1C(c2ccc(Cl)cc2)N(Cc2ccccc2Cl)C(=O)CN1C1CCCCC1. The molecule has 2 fully saturated rings. The molecule has 1 aliphatic carbocycles. The summed E-state index contributed by atoms with van der Waals surface area (Å²) in [5.41, 5.74) is 1.61. The summed E-state index contributed by atoms with van der Waals surface area (Å²) in [6, 6.07) is 14.1. The number of rotatable bonds is 4. The van der Waals surface area contributed by atoms with Crippen LogP contribution in [0.1, 0.15) is 49.3 Å². The molecule has 0 aromatic heterocycles. The molecule has 1 heterocycles. The Morgan fingerprint density at radius 3 is 2.28 bits per heavy atom. The molecule has 2 aromatic rings. The molecule has 4 nitrogen and oxygen atoms in total. The van der Waals surface area contributed by atoms with E-state index in [4.69, 9.17) is 23.2 Å². The van der Waals surface area contributed by atoms with Gasteiger partial charge in [0.15, 0.2) is 0 Å². The van der Waals surface area contributed by atoms with E-state index >= 15 is 0 Å². The lowest BCUT2D eigenvalue weighted by molar-refractivity contribution is -0.160. The third kappa shape index (κ3) is 4.29. The number of halogens is 2. The van der Waals surface area contributed by atoms with E-state index in [0.29, 0.717) is 16.6 Å². The van der Waals surface area contributed by atoms with E-state index in [1.807, 2.05) is 35.2 Å². The summed E-state index contributed by atoms with van der Waals surface area (Å²) in [4.78, 5) is 30.3. The monoisotopic (exact) mass is 430 g/mol. The van der Waals surface area contributed by atoms with E-state index in [1.165, 1.54) is 6.42 Å². The van der Waals surface area contributed by atoms with E-state index in [0.717, 1.165) is 36.8 Å². The Morgan fingerprint density at radius 2 is 1.59 bits per heavy atom. The second-order valence-electron chi connectivity index (χ2n) is 7.83. The predicted octanol–water partition coefficient (Wildman–Crippen LogP) is 5.24. The van der Waals surface area contributed by atoms with E-state index in [2.05, 4.69) is 0 Å². The fraction of sp³-hybridized carbons (Fsp3) is 0.391. The summed E-state index contributed by atoms with van der Waals surface area (Å²) in [5, 5.41) is 1.20. The third-order valence-electron chi connectivity index (χ3n) is 5.95. The normalized spacial score (nSPS) is 21.0. The molecule has 1 atom stereocenters. The number of carbonyl (C=O) groups is 2. The van der Waals surface area contributed by atoms with Crippen LogP contribution < -0.4 is 0 Å². The molecule has 0 radical (unpaired) electrons. The molecular formula is C23H24Cl2N2O2. The van der Waals surface area contributed by atoms with Crippen LogP contribution in [0, 0.1) is 0 Å². The molecule has 0 spiro atoms. The van der Waals surface area contributed by atoms with Crippen molar-refractivity contribution < 1.29 is 9.59 Å². The van der Waals surface area contributed by atoms with Crippen molar-refractivity contribution in [1.29, 1.82) is 0 Å². The maximum absolute atomic E-state index is 13.6. The van der Waals surface area contributed by atoms with Crippen molar-refractivity contribution in [3.05, 3.63) is 69.7 Å². The topological polar surface area (TPSA) is 40.6 Å². The highest BCUT2D eigenvalue weighted by Crippen LogP contribution is 2.34. The van der Waals surface area contributed by atoms with Gasteiger partial charge in [0.2, 0.25) is 5.91 Å². The van der Waals surface area contributed by atoms with Gasteiger partial charge in [-0.05, 0) is 42.2 Å². The van der Waals surface area contributed by atoms with Gasteiger partial charge in [0, 0.05) is 22.6 Å². The summed E-state index contributed by atoms with van der Waals surface area (Å²) in [5.74, 6) is -0.0547. The Bertz CT molecular complexity index is 894. The fourth-order valence-corrected chi connectivity index (χ4v) is 4.73. The average molecular weight is 431 g/mol. The summed E-state index contributed by atoms with van der Waals surface area (Å²) < 4.78 is 0. The predicted molar refractivity (Wildman–Crippen MR) is 115 cm³/mol. The van der Waals surface area contributed by atoms with Crippen LogP contribution in [0.25, 0.3) is 0 Å². The summed E-state index contributed by atoms with van der Waals surface area (Å²) in [6.07, 6.45) is 5.36. The molecule has 2 amide bonds. The fourth-order valence-electron chi connectivity index (χ4n) is 4.41. The zero-order valence-electron chi connectivity index (χ0n) is 16.2. The zero-order valence-corrected chi connectivity index (χ0v) is 17.7. The van der Waals surface area contributed by atoms with Gasteiger partial charge in [0.05, 0.1) is 0 Å². The maximum Gasteiger partial charge on any atom is 0.250 e. The van der Waals surface area contributed by atoms with Crippen molar-refractivity contribution >= 4 is 35.0 Å². The van der Waals surface area contributed by atoms with Gasteiger partial charge in [0.25, 0.3) is 5.91 Å². The summed E-state index contributed by atoms with van der Waals surface area (Å²) in [7, 11) is 0. The molecule has 0 N–H and O–H groups in total. The van der Waals surface area contributed by atoms with E-state index in [9.17, 15) is 9.59 Å². The van der Waals surface area contributed by atoms with Gasteiger partial charge in [-0.25, -0.2) is 0 Å². The number of amides is 2. The van der Waals surface area contributed by atoms with Crippen molar-refractivity contribution in [3.63, 3.8) is 0 Å². The highest BCUT2D eigenvalue weighted by atomic mass is 35.5. The van der Waals surface area contributed by atoms with Gasteiger partial charge in [0.1, 0.15) is 12.6 Å². The van der Waals surface area contributed by atoms with Crippen molar-refractivity contribution in [1.82, 2.24) is 9.80 Å². The molecule has 1 saturated carbocycles. The van der Waals surface area contributed by atoms with Crippen LogP contribution >= 0.6 is 23.2 Å². The van der Waals surface area contributed by atoms with Crippen LogP contribution in [0.5, 0.6) is 0 Å². The van der Waals surface area contributed by atoms with Gasteiger partial charge >= 0.3 is 0 Å². The lowest BCUT2D eigenvalue weighted by Crippen LogP contribution is -2.58. The molecule has 2 aromatic carbocycles. The number of hydrogen-bond donors (Lipinski definition) is 0. The summed E-state index contributed by atoms with van der Waals surface area (Å²) >= 11 is 12.4. The average Bonchev–Trinajstić information content (AvgIpc) is 2.74. The number of carbonyl (C=O) groups excluding carboxylic acids is 2. The molecule has 2 aliphatic rings. The first-order chi connectivity index (χ1) is 14.0. The van der Waals surface area contributed by atoms with E-state index in [1.54, 1.807) is 23.1 Å². The van der Waals surface area contributed by atoms with Crippen LogP contribution in [-0.2, 0) is 16.1 Å². The summed E-state index contributed by atoms with van der Waals surface area (Å²) in [6.45, 7) is 0.439. The lowest BCUT2D eigenvalue weighted by Gasteiger charge is -2.44. The first-order valence-electron chi connectivity index (χ1n) is 10.1. The number of hydrogen-bond acceptors (Lipinski definition) is 2.